The molecule has 2 unspecified atom stereocenters. The van der Waals surface area contributed by atoms with E-state index in [4.69, 9.17) is 10.5 Å². The first-order chi connectivity index (χ1) is 7.77. The van der Waals surface area contributed by atoms with Crippen molar-refractivity contribution in [1.29, 1.82) is 0 Å². The first-order valence-corrected chi connectivity index (χ1v) is 6.36. The van der Waals surface area contributed by atoms with Crippen molar-refractivity contribution in [2.75, 3.05) is 19.7 Å². The SMILES string of the molecule is CCNC(=O)CCOC1CCCCC1CN. The molecule has 0 aliphatic heterocycles. The van der Waals surface area contributed by atoms with Crippen LogP contribution in [0.3, 0.4) is 0 Å². The number of ether oxygens (including phenoxy) is 1. The Bertz CT molecular complexity index is 209. The van der Waals surface area contributed by atoms with Crippen LogP contribution in [0, 0.1) is 5.92 Å². The number of nitrogens with one attached hydrogen (secondary N) is 1. The normalized spacial score (nSPS) is 25.4. The van der Waals surface area contributed by atoms with Crippen LogP contribution in [0.1, 0.15) is 39.0 Å². The lowest BCUT2D eigenvalue weighted by Gasteiger charge is -2.30. The van der Waals surface area contributed by atoms with Crippen molar-refractivity contribution in [3.63, 3.8) is 0 Å². The quantitative estimate of drug-likeness (QED) is 0.714. The maximum atomic E-state index is 11.2. The second-order valence-electron chi connectivity index (χ2n) is 4.39. The highest BCUT2D eigenvalue weighted by Gasteiger charge is 2.24. The lowest BCUT2D eigenvalue weighted by atomic mass is 9.86. The van der Waals surface area contributed by atoms with Gasteiger partial charge in [-0.2, -0.15) is 0 Å². The molecular formula is C12H24N2O2. The van der Waals surface area contributed by atoms with Gasteiger partial charge in [-0.1, -0.05) is 12.8 Å². The Balaban J connectivity index is 2.17. The van der Waals surface area contributed by atoms with E-state index in [2.05, 4.69) is 5.32 Å². The van der Waals surface area contributed by atoms with Gasteiger partial charge >= 0.3 is 0 Å². The third-order valence-electron chi connectivity index (χ3n) is 3.18. The molecule has 1 rings (SSSR count). The smallest absolute Gasteiger partial charge is 0.222 e. The molecule has 1 saturated carbocycles. The minimum atomic E-state index is 0.0719. The maximum absolute atomic E-state index is 11.2. The van der Waals surface area contributed by atoms with E-state index in [1.165, 1.54) is 19.3 Å². The highest BCUT2D eigenvalue weighted by Crippen LogP contribution is 2.25. The van der Waals surface area contributed by atoms with E-state index in [9.17, 15) is 4.79 Å². The zero-order valence-electron chi connectivity index (χ0n) is 10.2. The number of carbonyl (C=O) groups is 1. The standard InChI is InChI=1S/C12H24N2O2/c1-2-14-12(15)7-8-16-11-6-4-3-5-10(11)9-13/h10-11H,2-9,13H2,1H3,(H,14,15). The summed E-state index contributed by atoms with van der Waals surface area (Å²) in [5, 5.41) is 2.76. The summed E-state index contributed by atoms with van der Waals surface area (Å²) < 4.78 is 5.76. The van der Waals surface area contributed by atoms with E-state index in [-0.39, 0.29) is 12.0 Å². The largest absolute Gasteiger partial charge is 0.377 e. The molecule has 0 aromatic heterocycles. The van der Waals surface area contributed by atoms with Gasteiger partial charge in [0.15, 0.2) is 0 Å². The van der Waals surface area contributed by atoms with Gasteiger partial charge in [0.05, 0.1) is 12.7 Å². The maximum Gasteiger partial charge on any atom is 0.222 e. The molecule has 1 aliphatic rings. The lowest BCUT2D eigenvalue weighted by Crippen LogP contribution is -2.34. The monoisotopic (exact) mass is 228 g/mol. The van der Waals surface area contributed by atoms with E-state index >= 15 is 0 Å². The van der Waals surface area contributed by atoms with Crippen molar-refractivity contribution in [3.05, 3.63) is 0 Å². The summed E-state index contributed by atoms with van der Waals surface area (Å²) in [4.78, 5) is 11.2. The van der Waals surface area contributed by atoms with Crippen LogP contribution in [0.5, 0.6) is 0 Å². The molecule has 94 valence electrons. The summed E-state index contributed by atoms with van der Waals surface area (Å²) >= 11 is 0. The summed E-state index contributed by atoms with van der Waals surface area (Å²) in [7, 11) is 0. The van der Waals surface area contributed by atoms with Crippen LogP contribution < -0.4 is 11.1 Å². The highest BCUT2D eigenvalue weighted by molar-refractivity contribution is 5.75. The average molecular weight is 228 g/mol. The van der Waals surface area contributed by atoms with Crippen molar-refractivity contribution in [2.45, 2.75) is 45.1 Å². The first-order valence-electron chi connectivity index (χ1n) is 6.36. The second-order valence-corrected chi connectivity index (χ2v) is 4.39. The lowest BCUT2D eigenvalue weighted by molar-refractivity contribution is -0.123. The molecule has 4 heteroatoms. The Morgan fingerprint density at radius 1 is 1.44 bits per heavy atom. The third-order valence-corrected chi connectivity index (χ3v) is 3.18. The number of nitrogens with two attached hydrogens (primary N) is 1. The fourth-order valence-electron chi connectivity index (χ4n) is 2.25. The van der Waals surface area contributed by atoms with E-state index in [0.717, 1.165) is 6.42 Å². The molecule has 0 aromatic rings. The minimum absolute atomic E-state index is 0.0719. The number of hydrogen-bond acceptors (Lipinski definition) is 3. The Morgan fingerprint density at radius 3 is 2.88 bits per heavy atom. The molecule has 2 atom stereocenters. The van der Waals surface area contributed by atoms with Crippen LogP contribution in [-0.2, 0) is 9.53 Å². The van der Waals surface area contributed by atoms with Crippen LogP contribution in [-0.4, -0.2) is 31.7 Å². The topological polar surface area (TPSA) is 64.3 Å². The van der Waals surface area contributed by atoms with Gasteiger partial charge < -0.3 is 15.8 Å². The molecule has 16 heavy (non-hydrogen) atoms. The fraction of sp³-hybridized carbons (Fsp3) is 0.917. The number of carbonyl (C=O) groups excluding carboxylic acids is 1. The molecule has 0 aromatic carbocycles. The van der Waals surface area contributed by atoms with Gasteiger partial charge in [0.25, 0.3) is 0 Å². The van der Waals surface area contributed by atoms with E-state index in [1.807, 2.05) is 6.92 Å². The zero-order valence-corrected chi connectivity index (χ0v) is 10.2. The Labute approximate surface area is 97.9 Å². The number of amides is 1. The van der Waals surface area contributed by atoms with E-state index in [0.29, 0.717) is 32.0 Å². The molecule has 0 heterocycles. The third kappa shape index (κ3) is 4.49. The van der Waals surface area contributed by atoms with Gasteiger partial charge in [-0.15, -0.1) is 0 Å². The van der Waals surface area contributed by atoms with Gasteiger partial charge in [-0.3, -0.25) is 4.79 Å². The van der Waals surface area contributed by atoms with Crippen LogP contribution in [0.25, 0.3) is 0 Å². The van der Waals surface area contributed by atoms with Crippen molar-refractivity contribution < 1.29 is 9.53 Å². The summed E-state index contributed by atoms with van der Waals surface area (Å²) in [6.45, 7) is 3.83. The number of rotatable bonds is 6. The molecule has 0 radical (unpaired) electrons. The minimum Gasteiger partial charge on any atom is -0.377 e. The first kappa shape index (κ1) is 13.5. The Kier molecular flexibility index (Phi) is 6.42. The predicted octanol–water partition coefficient (Wildman–Crippen LogP) is 1.05. The molecule has 1 amide bonds. The van der Waals surface area contributed by atoms with Gasteiger partial charge in [0.2, 0.25) is 5.91 Å². The van der Waals surface area contributed by atoms with Crippen molar-refractivity contribution in [2.24, 2.45) is 11.7 Å². The second kappa shape index (κ2) is 7.63. The zero-order chi connectivity index (χ0) is 11.8. The summed E-state index contributed by atoms with van der Waals surface area (Å²) in [6, 6.07) is 0. The van der Waals surface area contributed by atoms with Crippen molar-refractivity contribution >= 4 is 5.91 Å². The predicted molar refractivity (Wildman–Crippen MR) is 64.1 cm³/mol. The van der Waals surface area contributed by atoms with Crippen LogP contribution in [0.15, 0.2) is 0 Å². The molecule has 4 nitrogen and oxygen atoms in total. The molecule has 0 spiro atoms. The van der Waals surface area contributed by atoms with E-state index < -0.39 is 0 Å². The van der Waals surface area contributed by atoms with Gasteiger partial charge in [0, 0.05) is 13.0 Å². The fourth-order valence-corrected chi connectivity index (χ4v) is 2.25. The van der Waals surface area contributed by atoms with Gasteiger partial charge in [0.1, 0.15) is 0 Å². The van der Waals surface area contributed by atoms with Crippen molar-refractivity contribution in [3.8, 4) is 0 Å². The molecule has 0 bridgehead atoms. The highest BCUT2D eigenvalue weighted by atomic mass is 16.5. The average Bonchev–Trinajstić information content (AvgIpc) is 2.30. The van der Waals surface area contributed by atoms with Gasteiger partial charge in [-0.05, 0) is 32.2 Å². The molecule has 0 saturated heterocycles. The van der Waals surface area contributed by atoms with Crippen LogP contribution in [0.2, 0.25) is 0 Å². The molecule has 3 N–H and O–H groups in total. The Morgan fingerprint density at radius 2 is 2.19 bits per heavy atom. The van der Waals surface area contributed by atoms with Crippen LogP contribution in [0.4, 0.5) is 0 Å². The van der Waals surface area contributed by atoms with Gasteiger partial charge in [-0.25, -0.2) is 0 Å². The number of hydrogen-bond donors (Lipinski definition) is 2. The van der Waals surface area contributed by atoms with E-state index in [1.54, 1.807) is 0 Å². The Hall–Kier alpha value is -0.610. The van der Waals surface area contributed by atoms with Crippen LogP contribution >= 0.6 is 0 Å². The summed E-state index contributed by atoms with van der Waals surface area (Å²) in [5.74, 6) is 0.561. The molecular weight excluding hydrogens is 204 g/mol. The molecule has 1 fully saturated rings. The summed E-state index contributed by atoms with van der Waals surface area (Å²) in [6.07, 6.45) is 5.48. The summed E-state index contributed by atoms with van der Waals surface area (Å²) in [5.41, 5.74) is 5.71. The molecule has 1 aliphatic carbocycles. The van der Waals surface area contributed by atoms with Crippen molar-refractivity contribution in [1.82, 2.24) is 5.32 Å².